The normalized spacial score (nSPS) is 16.6. The zero-order valence-electron chi connectivity index (χ0n) is 17.7. The summed E-state index contributed by atoms with van der Waals surface area (Å²) in [5.74, 6) is 2.28. The van der Waals surface area contributed by atoms with Crippen LogP contribution in [0.2, 0.25) is 0 Å². The first-order valence-corrected chi connectivity index (χ1v) is 11.1. The molecule has 0 radical (unpaired) electrons. The quantitative estimate of drug-likeness (QED) is 0.483. The van der Waals surface area contributed by atoms with Gasteiger partial charge in [-0.15, -0.1) is 0 Å². The smallest absolute Gasteiger partial charge is 0.256 e. The highest BCUT2D eigenvalue weighted by Gasteiger charge is 2.23. The second-order valence-corrected chi connectivity index (χ2v) is 8.47. The lowest BCUT2D eigenvalue weighted by Gasteiger charge is -2.27. The molecule has 4 aromatic rings. The van der Waals surface area contributed by atoms with E-state index in [1.54, 1.807) is 6.33 Å². The second kappa shape index (κ2) is 7.91. The number of carbonyl (C=O) groups excluding carboxylic acids is 1. The summed E-state index contributed by atoms with van der Waals surface area (Å²) in [6, 6.07) is 15.7. The molecule has 1 aliphatic heterocycles. The van der Waals surface area contributed by atoms with Crippen molar-refractivity contribution >= 4 is 27.8 Å². The number of carbonyl (C=O) groups is 1. The third kappa shape index (κ3) is 3.58. The van der Waals surface area contributed by atoms with Crippen LogP contribution in [0, 0.1) is 5.92 Å². The number of rotatable bonds is 5. The number of nitrogens with zero attached hydrogens (tertiary/aromatic N) is 4. The number of hydrogen-bond acceptors (Lipinski definition) is 5. The molecule has 0 atom stereocenters. The van der Waals surface area contributed by atoms with Crippen molar-refractivity contribution in [2.45, 2.75) is 12.8 Å². The van der Waals surface area contributed by atoms with E-state index in [0.29, 0.717) is 43.3 Å². The summed E-state index contributed by atoms with van der Waals surface area (Å²) in [5.41, 5.74) is 3.13. The molecule has 1 amide bonds. The third-order valence-corrected chi connectivity index (χ3v) is 6.18. The van der Waals surface area contributed by atoms with Crippen LogP contribution in [0.15, 0.2) is 54.9 Å². The molecule has 32 heavy (non-hydrogen) atoms. The Morgan fingerprint density at radius 2 is 1.97 bits per heavy atom. The molecule has 0 unspecified atom stereocenters. The molecule has 0 N–H and O–H groups in total. The molecule has 1 saturated carbocycles. The van der Waals surface area contributed by atoms with Crippen LogP contribution in [0.1, 0.15) is 23.2 Å². The van der Waals surface area contributed by atoms with Crippen molar-refractivity contribution in [1.82, 2.24) is 19.4 Å². The summed E-state index contributed by atoms with van der Waals surface area (Å²) < 4.78 is 13.2. The maximum atomic E-state index is 13.2. The number of imidazole rings is 1. The van der Waals surface area contributed by atoms with E-state index in [4.69, 9.17) is 14.5 Å². The topological polar surface area (TPSA) is 69.5 Å². The van der Waals surface area contributed by atoms with Gasteiger partial charge in [0.25, 0.3) is 5.91 Å². The molecule has 0 spiro atoms. The molecule has 3 heterocycles. The first-order valence-electron chi connectivity index (χ1n) is 11.1. The molecule has 2 aromatic carbocycles. The number of amides is 1. The molecule has 2 fully saturated rings. The molecule has 0 bridgehead atoms. The molecule has 7 nitrogen and oxygen atoms in total. The number of ether oxygens (including phenoxy) is 2. The zero-order valence-corrected chi connectivity index (χ0v) is 17.7. The predicted molar refractivity (Wildman–Crippen MR) is 121 cm³/mol. The maximum absolute atomic E-state index is 13.2. The number of aromatic nitrogens is 3. The van der Waals surface area contributed by atoms with E-state index in [1.807, 2.05) is 58.0 Å². The molecule has 2 aliphatic rings. The van der Waals surface area contributed by atoms with Gasteiger partial charge in [0.05, 0.1) is 41.9 Å². The maximum Gasteiger partial charge on any atom is 0.256 e. The largest absolute Gasteiger partial charge is 0.493 e. The highest BCUT2D eigenvalue weighted by atomic mass is 16.5. The molecule has 6 rings (SSSR count). The number of benzene rings is 2. The Morgan fingerprint density at radius 1 is 1.09 bits per heavy atom. The second-order valence-electron chi connectivity index (χ2n) is 8.47. The predicted octanol–water partition coefficient (Wildman–Crippen LogP) is 3.83. The van der Waals surface area contributed by atoms with Gasteiger partial charge in [0, 0.05) is 24.5 Å². The average Bonchev–Trinajstić information content (AvgIpc) is 3.59. The summed E-state index contributed by atoms with van der Waals surface area (Å²) in [6.45, 7) is 3.13. The Balaban J connectivity index is 1.36. The fourth-order valence-electron chi connectivity index (χ4n) is 4.14. The van der Waals surface area contributed by atoms with E-state index in [-0.39, 0.29) is 5.91 Å². The summed E-state index contributed by atoms with van der Waals surface area (Å²) in [5, 5.41) is 0.938. The van der Waals surface area contributed by atoms with Crippen LogP contribution < -0.4 is 4.74 Å². The lowest BCUT2D eigenvalue weighted by Crippen LogP contribution is -2.40. The Morgan fingerprint density at radius 3 is 2.81 bits per heavy atom. The summed E-state index contributed by atoms with van der Waals surface area (Å²) >= 11 is 0. The highest BCUT2D eigenvalue weighted by molar-refractivity contribution is 6.05. The molecule has 1 aliphatic carbocycles. The zero-order chi connectivity index (χ0) is 21.5. The first kappa shape index (κ1) is 19.3. The number of morpholine rings is 1. The van der Waals surface area contributed by atoms with Gasteiger partial charge in [0.1, 0.15) is 17.9 Å². The highest BCUT2D eigenvalue weighted by Crippen LogP contribution is 2.30. The Labute approximate surface area is 185 Å². The van der Waals surface area contributed by atoms with Crippen LogP contribution in [-0.4, -0.2) is 58.3 Å². The van der Waals surface area contributed by atoms with E-state index in [9.17, 15) is 4.79 Å². The standard InChI is InChI=1S/C25H24N4O3/c30-25(28-10-12-31-13-11-28)20-3-1-2-18-6-9-23(27-24(18)20)29-16-26-21-14-19(7-8-22(21)29)32-15-17-4-5-17/h1-3,6-9,14,16-17H,4-5,10-13,15H2. The van der Waals surface area contributed by atoms with Gasteiger partial charge in [-0.1, -0.05) is 12.1 Å². The minimum absolute atomic E-state index is 0.00325. The molecule has 1 saturated heterocycles. The molecule has 162 valence electrons. The van der Waals surface area contributed by atoms with E-state index < -0.39 is 0 Å². The third-order valence-electron chi connectivity index (χ3n) is 6.18. The molecular weight excluding hydrogens is 404 g/mol. The van der Waals surface area contributed by atoms with Crippen LogP contribution in [-0.2, 0) is 4.74 Å². The monoisotopic (exact) mass is 428 g/mol. The van der Waals surface area contributed by atoms with E-state index in [1.165, 1.54) is 12.8 Å². The SMILES string of the molecule is O=C(c1cccc2ccc(-n3cnc4cc(OCC5CC5)ccc43)nc12)N1CCOCC1. The summed E-state index contributed by atoms with van der Waals surface area (Å²) in [6.07, 6.45) is 4.30. The van der Waals surface area contributed by atoms with Gasteiger partial charge in [0.2, 0.25) is 0 Å². The molecule has 2 aromatic heterocycles. The van der Waals surface area contributed by atoms with Crippen LogP contribution in [0.3, 0.4) is 0 Å². The van der Waals surface area contributed by atoms with E-state index in [0.717, 1.165) is 34.6 Å². The lowest BCUT2D eigenvalue weighted by molar-refractivity contribution is 0.0304. The number of para-hydroxylation sites is 1. The van der Waals surface area contributed by atoms with Crippen LogP contribution in [0.25, 0.3) is 27.8 Å². The van der Waals surface area contributed by atoms with Crippen molar-refractivity contribution in [3.8, 4) is 11.6 Å². The van der Waals surface area contributed by atoms with Gasteiger partial charge in [-0.2, -0.15) is 0 Å². The Hall–Kier alpha value is -3.45. The van der Waals surface area contributed by atoms with Gasteiger partial charge >= 0.3 is 0 Å². The van der Waals surface area contributed by atoms with Gasteiger partial charge in [-0.05, 0) is 49.1 Å². The van der Waals surface area contributed by atoms with Crippen LogP contribution in [0.4, 0.5) is 0 Å². The van der Waals surface area contributed by atoms with Gasteiger partial charge in [-0.3, -0.25) is 9.36 Å². The Kier molecular flexibility index (Phi) is 4.76. The van der Waals surface area contributed by atoms with E-state index in [2.05, 4.69) is 4.98 Å². The van der Waals surface area contributed by atoms with Crippen LogP contribution >= 0.6 is 0 Å². The van der Waals surface area contributed by atoms with Crippen LogP contribution in [0.5, 0.6) is 5.75 Å². The average molecular weight is 428 g/mol. The Bertz CT molecular complexity index is 1310. The summed E-state index contributed by atoms with van der Waals surface area (Å²) in [7, 11) is 0. The lowest BCUT2D eigenvalue weighted by atomic mass is 10.1. The minimum Gasteiger partial charge on any atom is -0.493 e. The van der Waals surface area contributed by atoms with E-state index >= 15 is 0 Å². The molecular formula is C25H24N4O3. The fraction of sp³-hybridized carbons (Fsp3) is 0.320. The minimum atomic E-state index is -0.00325. The van der Waals surface area contributed by atoms with Crippen molar-refractivity contribution in [1.29, 1.82) is 0 Å². The molecule has 7 heteroatoms. The van der Waals surface area contributed by atoms with Crippen molar-refractivity contribution in [2.75, 3.05) is 32.9 Å². The fourth-order valence-corrected chi connectivity index (χ4v) is 4.14. The number of hydrogen-bond donors (Lipinski definition) is 0. The van der Waals surface area contributed by atoms with Gasteiger partial charge in [0.15, 0.2) is 0 Å². The van der Waals surface area contributed by atoms with Gasteiger partial charge in [-0.25, -0.2) is 9.97 Å². The number of pyridine rings is 1. The van der Waals surface area contributed by atoms with Crippen molar-refractivity contribution < 1.29 is 14.3 Å². The van der Waals surface area contributed by atoms with Crippen molar-refractivity contribution in [2.24, 2.45) is 5.92 Å². The van der Waals surface area contributed by atoms with Gasteiger partial charge < -0.3 is 14.4 Å². The first-order chi connectivity index (χ1) is 15.8. The summed E-state index contributed by atoms with van der Waals surface area (Å²) in [4.78, 5) is 24.5. The number of fused-ring (bicyclic) bond motifs is 2. The van der Waals surface area contributed by atoms with Crippen molar-refractivity contribution in [3.05, 3.63) is 60.4 Å². The van der Waals surface area contributed by atoms with Crippen molar-refractivity contribution in [3.63, 3.8) is 0 Å².